The Morgan fingerprint density at radius 1 is 1.31 bits per heavy atom. The highest BCUT2D eigenvalue weighted by Crippen LogP contribution is 2.13. The predicted octanol–water partition coefficient (Wildman–Crippen LogP) is 1.54. The largest absolute Gasteiger partial charge is 0.307 e. The normalized spacial score (nSPS) is 10.6. The highest BCUT2D eigenvalue weighted by molar-refractivity contribution is 5.78. The molecule has 0 spiro atoms. The van der Waals surface area contributed by atoms with Crippen molar-refractivity contribution < 1.29 is 0 Å². The molecule has 0 saturated heterocycles. The molecule has 0 aromatic carbocycles. The number of rotatable bonds is 0. The molecule has 0 aliphatic rings. The topological polar surface area (TPSA) is 45.8 Å². The zero-order chi connectivity index (χ0) is 9.42. The molecule has 0 unspecified atom stereocenters. The number of hydrogen-bond donors (Lipinski definition) is 1. The summed E-state index contributed by atoms with van der Waals surface area (Å²) >= 11 is 0. The summed E-state index contributed by atoms with van der Waals surface area (Å²) in [7, 11) is 0. The number of hydrogen-bond acceptors (Lipinski definition) is 2. The van der Waals surface area contributed by atoms with E-state index < -0.39 is 0 Å². The monoisotopic (exact) mass is 174 g/mol. The maximum Gasteiger partial charge on any atom is 0.249 e. The number of aromatic nitrogens is 2. The van der Waals surface area contributed by atoms with Gasteiger partial charge in [-0.3, -0.25) is 4.79 Å². The Hall–Kier alpha value is -1.64. The Balaban J connectivity index is 2.94. The van der Waals surface area contributed by atoms with Crippen molar-refractivity contribution in [3.05, 3.63) is 39.8 Å². The Bertz CT molecular complexity index is 514. The van der Waals surface area contributed by atoms with Crippen LogP contribution in [0.2, 0.25) is 0 Å². The van der Waals surface area contributed by atoms with Crippen LogP contribution < -0.4 is 5.56 Å². The molecule has 0 radical (unpaired) electrons. The lowest BCUT2D eigenvalue weighted by Crippen LogP contribution is -2.04. The Morgan fingerprint density at radius 3 is 2.85 bits per heavy atom. The molecule has 0 atom stereocenters. The van der Waals surface area contributed by atoms with Crippen molar-refractivity contribution in [2.45, 2.75) is 13.8 Å². The van der Waals surface area contributed by atoms with Crippen LogP contribution in [0.15, 0.2) is 23.0 Å². The maximum absolute atomic E-state index is 11.0. The SMILES string of the molecule is Cc1cc(C)c2ccc(=O)[nH]c2n1. The number of H-pyrrole nitrogens is 1. The number of nitrogens with one attached hydrogen (secondary N) is 1. The fourth-order valence-corrected chi connectivity index (χ4v) is 1.47. The average Bonchev–Trinajstić information content (AvgIpc) is 2.02. The highest BCUT2D eigenvalue weighted by Gasteiger charge is 1.99. The molecule has 0 fully saturated rings. The third kappa shape index (κ3) is 1.33. The van der Waals surface area contributed by atoms with Crippen LogP contribution in [0, 0.1) is 13.8 Å². The van der Waals surface area contributed by atoms with Gasteiger partial charge in [-0.15, -0.1) is 0 Å². The summed E-state index contributed by atoms with van der Waals surface area (Å²) in [4.78, 5) is 18.0. The molecule has 0 saturated carbocycles. The lowest BCUT2D eigenvalue weighted by molar-refractivity contribution is 1.16. The first-order valence-electron chi connectivity index (χ1n) is 4.14. The van der Waals surface area contributed by atoms with Crippen LogP contribution >= 0.6 is 0 Å². The second-order valence-corrected chi connectivity index (χ2v) is 3.17. The maximum atomic E-state index is 11.0. The zero-order valence-electron chi connectivity index (χ0n) is 7.59. The summed E-state index contributed by atoms with van der Waals surface area (Å²) < 4.78 is 0. The standard InChI is InChI=1S/C10H10N2O/c1-6-5-7(2)11-10-8(6)3-4-9(13)12-10/h3-5H,1-2H3,(H,11,12,13). The minimum absolute atomic E-state index is 0.106. The quantitative estimate of drug-likeness (QED) is 0.658. The van der Waals surface area contributed by atoms with Crippen LogP contribution in [0.5, 0.6) is 0 Å². The summed E-state index contributed by atoms with van der Waals surface area (Å²) in [6, 6.07) is 5.32. The average molecular weight is 174 g/mol. The second-order valence-electron chi connectivity index (χ2n) is 3.17. The first-order chi connectivity index (χ1) is 6.16. The number of aromatic amines is 1. The van der Waals surface area contributed by atoms with E-state index in [1.54, 1.807) is 6.07 Å². The molecule has 1 N–H and O–H groups in total. The van der Waals surface area contributed by atoms with Gasteiger partial charge < -0.3 is 4.98 Å². The minimum atomic E-state index is -0.106. The van der Waals surface area contributed by atoms with Crippen molar-refractivity contribution in [3.63, 3.8) is 0 Å². The third-order valence-corrected chi connectivity index (χ3v) is 2.04. The molecule has 66 valence electrons. The Labute approximate surface area is 75.4 Å². The zero-order valence-corrected chi connectivity index (χ0v) is 7.59. The van der Waals surface area contributed by atoms with Crippen molar-refractivity contribution in [1.29, 1.82) is 0 Å². The van der Waals surface area contributed by atoms with Crippen molar-refractivity contribution >= 4 is 11.0 Å². The van der Waals surface area contributed by atoms with E-state index in [-0.39, 0.29) is 5.56 Å². The lowest BCUT2D eigenvalue weighted by atomic mass is 10.1. The lowest BCUT2D eigenvalue weighted by Gasteiger charge is -2.01. The van der Waals surface area contributed by atoms with Gasteiger partial charge in [-0.25, -0.2) is 4.98 Å². The fourth-order valence-electron chi connectivity index (χ4n) is 1.47. The van der Waals surface area contributed by atoms with E-state index in [2.05, 4.69) is 9.97 Å². The number of fused-ring (bicyclic) bond motifs is 1. The Morgan fingerprint density at radius 2 is 2.08 bits per heavy atom. The molecule has 0 aliphatic carbocycles. The molecule has 3 nitrogen and oxygen atoms in total. The van der Waals surface area contributed by atoms with Gasteiger partial charge in [0.25, 0.3) is 0 Å². The van der Waals surface area contributed by atoms with E-state index in [4.69, 9.17) is 0 Å². The van der Waals surface area contributed by atoms with Crippen LogP contribution in [-0.2, 0) is 0 Å². The van der Waals surface area contributed by atoms with Crippen LogP contribution in [0.25, 0.3) is 11.0 Å². The molecule has 13 heavy (non-hydrogen) atoms. The smallest absolute Gasteiger partial charge is 0.249 e. The van der Waals surface area contributed by atoms with Crippen LogP contribution in [0.1, 0.15) is 11.3 Å². The third-order valence-electron chi connectivity index (χ3n) is 2.04. The van der Waals surface area contributed by atoms with E-state index in [0.29, 0.717) is 5.65 Å². The van der Waals surface area contributed by atoms with Crippen molar-refractivity contribution in [2.24, 2.45) is 0 Å². The summed E-state index contributed by atoms with van der Waals surface area (Å²) in [5.74, 6) is 0. The van der Waals surface area contributed by atoms with Crippen molar-refractivity contribution in [1.82, 2.24) is 9.97 Å². The van der Waals surface area contributed by atoms with E-state index >= 15 is 0 Å². The summed E-state index contributed by atoms with van der Waals surface area (Å²) in [5.41, 5.74) is 2.63. The Kier molecular flexibility index (Phi) is 1.65. The van der Waals surface area contributed by atoms with Crippen LogP contribution in [-0.4, -0.2) is 9.97 Å². The highest BCUT2D eigenvalue weighted by atomic mass is 16.1. The molecule has 2 aromatic rings. The summed E-state index contributed by atoms with van der Waals surface area (Å²) in [6.45, 7) is 3.92. The predicted molar refractivity (Wildman–Crippen MR) is 51.8 cm³/mol. The van der Waals surface area contributed by atoms with Crippen molar-refractivity contribution in [3.8, 4) is 0 Å². The molecule has 0 aliphatic heterocycles. The number of aryl methyl sites for hydroxylation is 2. The first kappa shape index (κ1) is 7.98. The van der Waals surface area contributed by atoms with Gasteiger partial charge in [0.1, 0.15) is 5.65 Å². The van der Waals surface area contributed by atoms with Gasteiger partial charge in [0, 0.05) is 17.1 Å². The molecule has 2 aromatic heterocycles. The molecule has 2 rings (SSSR count). The van der Waals surface area contributed by atoms with E-state index in [0.717, 1.165) is 16.6 Å². The van der Waals surface area contributed by atoms with Crippen LogP contribution in [0.3, 0.4) is 0 Å². The molecular weight excluding hydrogens is 164 g/mol. The van der Waals surface area contributed by atoms with Gasteiger partial charge in [0.2, 0.25) is 5.56 Å². The van der Waals surface area contributed by atoms with Gasteiger partial charge in [-0.05, 0) is 31.5 Å². The minimum Gasteiger partial charge on any atom is -0.307 e. The van der Waals surface area contributed by atoms with Gasteiger partial charge in [-0.2, -0.15) is 0 Å². The molecule has 2 heterocycles. The molecular formula is C10H10N2O. The number of pyridine rings is 2. The molecule has 0 amide bonds. The molecule has 3 heteroatoms. The number of nitrogens with zero attached hydrogens (tertiary/aromatic N) is 1. The summed E-state index contributed by atoms with van der Waals surface area (Å²) in [6.07, 6.45) is 0. The first-order valence-corrected chi connectivity index (χ1v) is 4.14. The van der Waals surface area contributed by atoms with Gasteiger partial charge in [0.15, 0.2) is 0 Å². The van der Waals surface area contributed by atoms with Gasteiger partial charge in [-0.1, -0.05) is 0 Å². The van der Waals surface area contributed by atoms with Gasteiger partial charge >= 0.3 is 0 Å². The van der Waals surface area contributed by atoms with E-state index in [9.17, 15) is 4.79 Å². The van der Waals surface area contributed by atoms with Gasteiger partial charge in [0.05, 0.1) is 0 Å². The second kappa shape index (κ2) is 2.69. The van der Waals surface area contributed by atoms with E-state index in [1.807, 2.05) is 19.9 Å². The summed E-state index contributed by atoms with van der Waals surface area (Å²) in [5, 5.41) is 1.00. The fraction of sp³-hybridized carbons (Fsp3) is 0.200. The molecule has 0 bridgehead atoms. The van der Waals surface area contributed by atoms with E-state index in [1.165, 1.54) is 6.07 Å². The van der Waals surface area contributed by atoms with Crippen molar-refractivity contribution in [2.75, 3.05) is 0 Å². The van der Waals surface area contributed by atoms with Crippen LogP contribution in [0.4, 0.5) is 0 Å².